The Morgan fingerprint density at radius 2 is 1.94 bits per heavy atom. The van der Waals surface area contributed by atoms with Crippen LogP contribution in [0.5, 0.6) is 0 Å². The fourth-order valence-corrected chi connectivity index (χ4v) is 4.29. The summed E-state index contributed by atoms with van der Waals surface area (Å²) < 4.78 is 15.4. The second-order valence-corrected chi connectivity index (χ2v) is 8.42. The number of imide groups is 1. The Hall–Kier alpha value is -3.39. The van der Waals surface area contributed by atoms with Crippen molar-refractivity contribution in [3.8, 4) is 0 Å². The van der Waals surface area contributed by atoms with Crippen LogP contribution in [0.15, 0.2) is 59.6 Å². The smallest absolute Gasteiger partial charge is 0.294 e. The number of benzene rings is 2. The maximum Gasteiger partial charge on any atom is 0.294 e. The second kappa shape index (κ2) is 8.39. The van der Waals surface area contributed by atoms with Crippen LogP contribution in [0.1, 0.15) is 25.5 Å². The number of fused-ring (bicyclic) bond motifs is 1. The van der Waals surface area contributed by atoms with Gasteiger partial charge in [0.15, 0.2) is 0 Å². The Morgan fingerprint density at radius 3 is 2.68 bits per heavy atom. The van der Waals surface area contributed by atoms with Crippen molar-refractivity contribution in [2.45, 2.75) is 19.9 Å². The topological polar surface area (TPSA) is 71.4 Å². The first-order chi connectivity index (χ1) is 14.8. The van der Waals surface area contributed by atoms with E-state index in [-0.39, 0.29) is 16.6 Å². The number of amides is 3. The second-order valence-electron chi connectivity index (χ2n) is 7.43. The number of halogens is 1. The highest BCUT2D eigenvalue weighted by Crippen LogP contribution is 2.34. The van der Waals surface area contributed by atoms with Gasteiger partial charge in [-0.2, -0.15) is 0 Å². The minimum absolute atomic E-state index is 0.230. The first kappa shape index (κ1) is 20.9. The van der Waals surface area contributed by atoms with Gasteiger partial charge in [-0.15, -0.1) is 0 Å². The van der Waals surface area contributed by atoms with Crippen molar-refractivity contribution in [2.24, 2.45) is 0 Å². The van der Waals surface area contributed by atoms with E-state index >= 15 is 0 Å². The summed E-state index contributed by atoms with van der Waals surface area (Å²) in [5.74, 6) is -1.59. The minimum atomic E-state index is -0.578. The quantitative estimate of drug-likeness (QED) is 0.568. The third-order valence-corrected chi connectivity index (χ3v) is 5.81. The predicted molar refractivity (Wildman–Crippen MR) is 120 cm³/mol. The van der Waals surface area contributed by atoms with Crippen LogP contribution in [-0.2, 0) is 9.59 Å². The Labute approximate surface area is 182 Å². The van der Waals surface area contributed by atoms with Gasteiger partial charge in [-0.3, -0.25) is 19.3 Å². The summed E-state index contributed by atoms with van der Waals surface area (Å²) in [5, 5.41) is 2.96. The van der Waals surface area contributed by atoms with E-state index in [1.54, 1.807) is 6.08 Å². The van der Waals surface area contributed by atoms with Crippen molar-refractivity contribution in [3.05, 3.63) is 71.0 Å². The van der Waals surface area contributed by atoms with Gasteiger partial charge in [-0.1, -0.05) is 24.3 Å². The van der Waals surface area contributed by atoms with Crippen LogP contribution in [0.25, 0.3) is 17.0 Å². The molecule has 1 aliphatic rings. The first-order valence-electron chi connectivity index (χ1n) is 9.74. The highest BCUT2D eigenvalue weighted by atomic mass is 32.2. The van der Waals surface area contributed by atoms with Crippen LogP contribution in [0, 0.1) is 5.82 Å². The van der Waals surface area contributed by atoms with Gasteiger partial charge in [-0.05, 0) is 56.0 Å². The SMILES string of the molecule is CC(C)n1cc(/C=C2/SC(=O)N(CC(=O)Nc3cccc(F)c3)C2=O)c2ccccc21. The van der Waals surface area contributed by atoms with E-state index < -0.39 is 29.4 Å². The number of thioether (sulfide) groups is 1. The van der Waals surface area contributed by atoms with Gasteiger partial charge in [0.05, 0.1) is 4.91 Å². The molecule has 4 rings (SSSR count). The molecule has 1 fully saturated rings. The number of hydrogen-bond acceptors (Lipinski definition) is 4. The number of hydrogen-bond donors (Lipinski definition) is 1. The Balaban J connectivity index is 1.55. The van der Waals surface area contributed by atoms with Crippen LogP contribution < -0.4 is 5.32 Å². The summed E-state index contributed by atoms with van der Waals surface area (Å²) in [7, 11) is 0. The normalized spacial score (nSPS) is 15.5. The fraction of sp³-hybridized carbons (Fsp3) is 0.174. The molecule has 0 radical (unpaired) electrons. The molecule has 0 spiro atoms. The standard InChI is InChI=1S/C23H20FN3O3S/c1-14(2)26-12-15(18-8-3-4-9-19(18)26)10-20-22(29)27(23(30)31-20)13-21(28)25-17-7-5-6-16(24)11-17/h3-12,14H,13H2,1-2H3,(H,25,28)/b20-10+. The lowest BCUT2D eigenvalue weighted by Crippen LogP contribution is -2.36. The highest BCUT2D eigenvalue weighted by molar-refractivity contribution is 8.18. The molecule has 0 unspecified atom stereocenters. The number of aromatic nitrogens is 1. The molecule has 2 aromatic carbocycles. The van der Waals surface area contributed by atoms with Gasteiger partial charge < -0.3 is 9.88 Å². The number of rotatable bonds is 5. The van der Waals surface area contributed by atoms with Crippen LogP contribution >= 0.6 is 11.8 Å². The lowest BCUT2D eigenvalue weighted by atomic mass is 10.1. The van der Waals surface area contributed by atoms with Crippen molar-refractivity contribution >= 4 is 51.5 Å². The molecule has 3 amide bonds. The van der Waals surface area contributed by atoms with Gasteiger partial charge in [0.25, 0.3) is 11.1 Å². The van der Waals surface area contributed by atoms with Crippen LogP contribution in [0.3, 0.4) is 0 Å². The maximum atomic E-state index is 13.3. The van der Waals surface area contributed by atoms with Crippen molar-refractivity contribution in [1.82, 2.24) is 9.47 Å². The van der Waals surface area contributed by atoms with E-state index in [1.807, 2.05) is 30.5 Å². The van der Waals surface area contributed by atoms with E-state index in [4.69, 9.17) is 0 Å². The fourth-order valence-electron chi connectivity index (χ4n) is 3.46. The van der Waals surface area contributed by atoms with Crippen molar-refractivity contribution < 1.29 is 18.8 Å². The van der Waals surface area contributed by atoms with Crippen LogP contribution in [0.2, 0.25) is 0 Å². The molecule has 1 N–H and O–H groups in total. The molecule has 1 aliphatic heterocycles. The maximum absolute atomic E-state index is 13.3. The van der Waals surface area contributed by atoms with Crippen molar-refractivity contribution in [1.29, 1.82) is 0 Å². The Kier molecular flexibility index (Phi) is 5.65. The van der Waals surface area contributed by atoms with Gasteiger partial charge in [0.2, 0.25) is 5.91 Å². The number of nitrogens with zero attached hydrogens (tertiary/aromatic N) is 2. The molecular formula is C23H20FN3O3S. The molecule has 31 heavy (non-hydrogen) atoms. The molecule has 0 aliphatic carbocycles. The molecule has 8 heteroatoms. The van der Waals surface area contributed by atoms with Crippen LogP contribution in [0.4, 0.5) is 14.9 Å². The zero-order chi connectivity index (χ0) is 22.1. The van der Waals surface area contributed by atoms with E-state index in [9.17, 15) is 18.8 Å². The summed E-state index contributed by atoms with van der Waals surface area (Å²) in [6.07, 6.45) is 3.65. The molecule has 158 valence electrons. The summed E-state index contributed by atoms with van der Waals surface area (Å²) in [6.45, 7) is 3.70. The Morgan fingerprint density at radius 1 is 1.16 bits per heavy atom. The largest absolute Gasteiger partial charge is 0.344 e. The summed E-state index contributed by atoms with van der Waals surface area (Å²) in [4.78, 5) is 38.6. The number of nitrogens with one attached hydrogen (secondary N) is 1. The van der Waals surface area contributed by atoms with E-state index in [0.29, 0.717) is 0 Å². The highest BCUT2D eigenvalue weighted by Gasteiger charge is 2.36. The zero-order valence-corrected chi connectivity index (χ0v) is 17.8. The molecule has 1 aromatic heterocycles. The minimum Gasteiger partial charge on any atom is -0.344 e. The number of anilines is 1. The van der Waals surface area contributed by atoms with Gasteiger partial charge in [0, 0.05) is 34.4 Å². The van der Waals surface area contributed by atoms with Crippen molar-refractivity contribution in [2.75, 3.05) is 11.9 Å². The lowest BCUT2D eigenvalue weighted by molar-refractivity contribution is -0.127. The summed E-state index contributed by atoms with van der Waals surface area (Å²) in [5.41, 5.74) is 2.13. The summed E-state index contributed by atoms with van der Waals surface area (Å²) in [6, 6.07) is 13.5. The lowest BCUT2D eigenvalue weighted by Gasteiger charge is -2.12. The zero-order valence-electron chi connectivity index (χ0n) is 17.0. The molecular weight excluding hydrogens is 417 g/mol. The molecule has 0 saturated carbocycles. The number of para-hydroxylation sites is 1. The molecule has 3 aromatic rings. The number of carbonyl (C=O) groups is 3. The molecule has 1 saturated heterocycles. The average molecular weight is 437 g/mol. The predicted octanol–water partition coefficient (Wildman–Crippen LogP) is 5.04. The summed E-state index contributed by atoms with van der Waals surface area (Å²) >= 11 is 0.803. The molecule has 6 nitrogen and oxygen atoms in total. The van der Waals surface area contributed by atoms with Gasteiger partial charge >= 0.3 is 0 Å². The van der Waals surface area contributed by atoms with Crippen molar-refractivity contribution in [3.63, 3.8) is 0 Å². The first-order valence-corrected chi connectivity index (χ1v) is 10.6. The van der Waals surface area contributed by atoms with E-state index in [1.165, 1.54) is 18.2 Å². The van der Waals surface area contributed by atoms with Gasteiger partial charge in [-0.25, -0.2) is 4.39 Å². The number of carbonyl (C=O) groups excluding carboxylic acids is 3. The third-order valence-electron chi connectivity index (χ3n) is 4.90. The molecule has 0 atom stereocenters. The van der Waals surface area contributed by atoms with Crippen LogP contribution in [-0.4, -0.2) is 33.1 Å². The monoisotopic (exact) mass is 437 g/mol. The van der Waals surface area contributed by atoms with E-state index in [0.717, 1.165) is 39.2 Å². The molecule has 2 heterocycles. The van der Waals surface area contributed by atoms with E-state index in [2.05, 4.69) is 23.7 Å². The Bertz CT molecular complexity index is 1230. The molecule has 0 bridgehead atoms. The van der Waals surface area contributed by atoms with Gasteiger partial charge in [0.1, 0.15) is 12.4 Å². The average Bonchev–Trinajstić information content (AvgIpc) is 3.21. The third kappa shape index (κ3) is 4.25.